The third-order valence-electron chi connectivity index (χ3n) is 3.06. The van der Waals surface area contributed by atoms with Gasteiger partial charge in [0.15, 0.2) is 0 Å². The summed E-state index contributed by atoms with van der Waals surface area (Å²) in [5.74, 6) is 0.541. The first-order chi connectivity index (χ1) is 9.99. The molecule has 2 aromatic rings. The van der Waals surface area contributed by atoms with Crippen LogP contribution < -0.4 is 5.32 Å². The second-order valence-electron chi connectivity index (χ2n) is 4.57. The minimum absolute atomic E-state index is 0.0430. The number of nitro groups is 1. The lowest BCUT2D eigenvalue weighted by Gasteiger charge is -2.05. The van der Waals surface area contributed by atoms with Gasteiger partial charge in [0.05, 0.1) is 4.92 Å². The van der Waals surface area contributed by atoms with Crippen molar-refractivity contribution in [1.82, 2.24) is 25.1 Å². The van der Waals surface area contributed by atoms with Crippen LogP contribution in [0.25, 0.3) is 0 Å². The summed E-state index contributed by atoms with van der Waals surface area (Å²) in [6.07, 6.45) is 3.95. The van der Waals surface area contributed by atoms with Gasteiger partial charge in [-0.25, -0.2) is 4.98 Å². The molecule has 0 fully saturated rings. The van der Waals surface area contributed by atoms with E-state index in [0.717, 1.165) is 5.82 Å². The van der Waals surface area contributed by atoms with Crippen molar-refractivity contribution in [2.75, 3.05) is 6.54 Å². The van der Waals surface area contributed by atoms with Gasteiger partial charge in [-0.15, -0.1) is 0 Å². The van der Waals surface area contributed by atoms with Gasteiger partial charge in [-0.1, -0.05) is 0 Å². The molecule has 0 bridgehead atoms. The minimum atomic E-state index is -0.483. The molecule has 0 saturated heterocycles. The van der Waals surface area contributed by atoms with E-state index in [1.54, 1.807) is 26.2 Å². The Morgan fingerprint density at radius 1 is 1.52 bits per heavy atom. The van der Waals surface area contributed by atoms with E-state index in [4.69, 9.17) is 0 Å². The maximum absolute atomic E-state index is 11.8. The first kappa shape index (κ1) is 14.7. The molecule has 2 heterocycles. The molecule has 0 saturated carbocycles. The smallest absolute Gasteiger partial charge is 0.312 e. The number of rotatable bonds is 6. The van der Waals surface area contributed by atoms with Crippen molar-refractivity contribution in [3.8, 4) is 0 Å². The lowest BCUT2D eigenvalue weighted by atomic mass is 10.3. The predicted molar refractivity (Wildman–Crippen MR) is 73.7 cm³/mol. The fourth-order valence-electron chi connectivity index (χ4n) is 2.05. The maximum Gasteiger partial charge on any atom is 0.312 e. The molecule has 0 unspecified atom stereocenters. The highest BCUT2D eigenvalue weighted by molar-refractivity contribution is 5.75. The van der Waals surface area contributed by atoms with Gasteiger partial charge in [0.2, 0.25) is 5.91 Å². The Labute approximate surface area is 120 Å². The van der Waals surface area contributed by atoms with Gasteiger partial charge in [-0.2, -0.15) is 5.10 Å². The molecule has 2 N–H and O–H groups in total. The summed E-state index contributed by atoms with van der Waals surface area (Å²) in [7, 11) is 0. The van der Waals surface area contributed by atoms with E-state index in [1.807, 2.05) is 0 Å². The van der Waals surface area contributed by atoms with E-state index in [1.165, 1.54) is 4.68 Å². The first-order valence-corrected chi connectivity index (χ1v) is 6.42. The predicted octanol–water partition coefficient (Wildman–Crippen LogP) is 0.490. The van der Waals surface area contributed by atoms with Crippen LogP contribution in [0.5, 0.6) is 0 Å². The average molecular weight is 292 g/mol. The minimum Gasteiger partial charge on any atom is -0.354 e. The number of H-pyrrole nitrogens is 1. The van der Waals surface area contributed by atoms with Crippen molar-refractivity contribution in [2.45, 2.75) is 26.8 Å². The van der Waals surface area contributed by atoms with Crippen LogP contribution >= 0.6 is 0 Å². The Kier molecular flexibility index (Phi) is 4.31. The number of hydrogen-bond donors (Lipinski definition) is 2. The van der Waals surface area contributed by atoms with Gasteiger partial charge in [0.25, 0.3) is 0 Å². The van der Waals surface area contributed by atoms with Crippen LogP contribution in [0.15, 0.2) is 12.4 Å². The van der Waals surface area contributed by atoms with Gasteiger partial charge in [-0.05, 0) is 13.8 Å². The van der Waals surface area contributed by atoms with E-state index in [2.05, 4.69) is 20.4 Å². The molecule has 0 atom stereocenters. The van der Waals surface area contributed by atoms with Gasteiger partial charge in [0, 0.05) is 25.4 Å². The van der Waals surface area contributed by atoms with Crippen molar-refractivity contribution in [3.63, 3.8) is 0 Å². The summed E-state index contributed by atoms with van der Waals surface area (Å²) in [6.45, 7) is 3.52. The number of hydrogen-bond acceptors (Lipinski definition) is 5. The lowest BCUT2D eigenvalue weighted by Crippen LogP contribution is -2.30. The van der Waals surface area contributed by atoms with E-state index in [-0.39, 0.29) is 18.1 Å². The molecular formula is C12H16N6O3. The third-order valence-corrected chi connectivity index (χ3v) is 3.06. The number of nitrogens with one attached hydrogen (secondary N) is 2. The number of carbonyl (C=O) groups is 1. The van der Waals surface area contributed by atoms with Crippen molar-refractivity contribution in [3.05, 3.63) is 39.7 Å². The number of carbonyl (C=O) groups excluding carboxylic acids is 1. The molecule has 2 aromatic heterocycles. The second-order valence-corrected chi connectivity index (χ2v) is 4.57. The van der Waals surface area contributed by atoms with Crippen molar-refractivity contribution in [2.24, 2.45) is 0 Å². The largest absolute Gasteiger partial charge is 0.354 e. The molecule has 0 aromatic carbocycles. The number of aryl methyl sites for hydroxylation is 1. The van der Waals surface area contributed by atoms with E-state index in [9.17, 15) is 14.9 Å². The summed E-state index contributed by atoms with van der Waals surface area (Å²) >= 11 is 0. The summed E-state index contributed by atoms with van der Waals surface area (Å²) in [5, 5.41) is 17.6. The molecule has 0 aliphatic heterocycles. The van der Waals surface area contributed by atoms with Crippen LogP contribution in [0.1, 0.15) is 17.2 Å². The van der Waals surface area contributed by atoms with E-state index in [0.29, 0.717) is 24.4 Å². The summed E-state index contributed by atoms with van der Waals surface area (Å²) < 4.78 is 1.34. The molecule has 1 amide bonds. The highest BCUT2D eigenvalue weighted by atomic mass is 16.6. The van der Waals surface area contributed by atoms with Crippen LogP contribution in [0, 0.1) is 24.0 Å². The normalized spacial score (nSPS) is 10.6. The molecule has 0 aliphatic carbocycles. The molecular weight excluding hydrogens is 276 g/mol. The van der Waals surface area contributed by atoms with Crippen LogP contribution in [0.3, 0.4) is 0 Å². The van der Waals surface area contributed by atoms with E-state index < -0.39 is 4.92 Å². The molecule has 2 rings (SSSR count). The van der Waals surface area contributed by atoms with Gasteiger partial charge in [0.1, 0.15) is 23.8 Å². The Morgan fingerprint density at radius 3 is 2.86 bits per heavy atom. The number of aromatic nitrogens is 4. The molecule has 9 nitrogen and oxygen atoms in total. The van der Waals surface area contributed by atoms with Crippen LogP contribution in [0.4, 0.5) is 5.69 Å². The fourth-order valence-corrected chi connectivity index (χ4v) is 2.05. The Hall–Kier alpha value is -2.71. The SMILES string of the molecule is Cc1nn(CC(=O)NCCc2ncc[nH]2)c(C)c1[N+](=O)[O-]. The van der Waals surface area contributed by atoms with E-state index >= 15 is 0 Å². The highest BCUT2D eigenvalue weighted by Crippen LogP contribution is 2.21. The molecule has 9 heteroatoms. The number of aromatic amines is 1. The summed E-state index contributed by atoms with van der Waals surface area (Å²) in [6, 6.07) is 0. The maximum atomic E-state index is 11.8. The zero-order valence-corrected chi connectivity index (χ0v) is 11.8. The Morgan fingerprint density at radius 2 is 2.29 bits per heavy atom. The van der Waals surface area contributed by atoms with Crippen molar-refractivity contribution < 1.29 is 9.72 Å². The number of nitrogens with zero attached hydrogens (tertiary/aromatic N) is 4. The Balaban J connectivity index is 1.91. The summed E-state index contributed by atoms with van der Waals surface area (Å²) in [5.41, 5.74) is 0.637. The van der Waals surface area contributed by atoms with Crippen LogP contribution in [-0.2, 0) is 17.8 Å². The zero-order chi connectivity index (χ0) is 15.4. The van der Waals surface area contributed by atoms with Crippen molar-refractivity contribution >= 4 is 11.6 Å². The average Bonchev–Trinajstić information content (AvgIpc) is 2.99. The lowest BCUT2D eigenvalue weighted by molar-refractivity contribution is -0.386. The molecule has 0 radical (unpaired) electrons. The second kappa shape index (κ2) is 6.16. The number of amides is 1. The first-order valence-electron chi connectivity index (χ1n) is 6.42. The van der Waals surface area contributed by atoms with Gasteiger partial charge < -0.3 is 10.3 Å². The van der Waals surface area contributed by atoms with Gasteiger partial charge >= 0.3 is 5.69 Å². The highest BCUT2D eigenvalue weighted by Gasteiger charge is 2.22. The zero-order valence-electron chi connectivity index (χ0n) is 11.8. The van der Waals surface area contributed by atoms with Crippen LogP contribution in [0.2, 0.25) is 0 Å². The topological polar surface area (TPSA) is 119 Å². The Bertz CT molecular complexity index is 646. The summed E-state index contributed by atoms with van der Waals surface area (Å²) in [4.78, 5) is 29.2. The molecule has 0 aliphatic rings. The molecule has 21 heavy (non-hydrogen) atoms. The number of imidazole rings is 1. The fraction of sp³-hybridized carbons (Fsp3) is 0.417. The third kappa shape index (κ3) is 3.44. The molecule has 112 valence electrons. The quantitative estimate of drug-likeness (QED) is 0.593. The van der Waals surface area contributed by atoms with Crippen molar-refractivity contribution in [1.29, 1.82) is 0 Å². The van der Waals surface area contributed by atoms with Crippen LogP contribution in [-0.4, -0.2) is 37.1 Å². The standard InChI is InChI=1S/C12H16N6O3/c1-8-12(18(20)21)9(2)17(16-8)7-11(19)15-4-3-10-13-5-6-14-10/h5-6H,3-4,7H2,1-2H3,(H,13,14)(H,15,19). The van der Waals surface area contributed by atoms with Gasteiger partial charge in [-0.3, -0.25) is 19.6 Å². The molecule has 0 spiro atoms. The monoisotopic (exact) mass is 292 g/mol.